The largest absolute Gasteiger partial charge is 0.276 e. The molecule has 0 atom stereocenters. The van der Waals surface area contributed by atoms with E-state index in [0.29, 0.717) is 5.56 Å². The number of hydrazone groups is 1. The fourth-order valence-corrected chi connectivity index (χ4v) is 3.63. The lowest BCUT2D eigenvalue weighted by Crippen LogP contribution is -2.19. The lowest BCUT2D eigenvalue weighted by molar-refractivity contribution is 0.584. The third-order valence-electron chi connectivity index (χ3n) is 3.79. The Labute approximate surface area is 141 Å². The summed E-state index contributed by atoms with van der Waals surface area (Å²) in [7, 11) is -3.67. The molecule has 3 aromatic carbocycles. The SMILES string of the molecule is Cc1ccc(C)c(S(=O)(=O)N/N=C/c2ccc3ccccc3c2)c1. The molecule has 4 nitrogen and oxygen atoms in total. The summed E-state index contributed by atoms with van der Waals surface area (Å²) in [6.45, 7) is 3.62. The highest BCUT2D eigenvalue weighted by Crippen LogP contribution is 2.17. The monoisotopic (exact) mass is 338 g/mol. The minimum absolute atomic E-state index is 0.248. The molecule has 0 unspecified atom stereocenters. The van der Waals surface area contributed by atoms with E-state index in [1.165, 1.54) is 6.21 Å². The molecule has 3 rings (SSSR count). The lowest BCUT2D eigenvalue weighted by atomic mass is 10.1. The Morgan fingerprint density at radius 2 is 1.67 bits per heavy atom. The lowest BCUT2D eigenvalue weighted by Gasteiger charge is -2.07. The smallest absolute Gasteiger partial charge is 0.200 e. The van der Waals surface area contributed by atoms with E-state index in [-0.39, 0.29) is 4.90 Å². The Hall–Kier alpha value is -2.66. The van der Waals surface area contributed by atoms with E-state index in [4.69, 9.17) is 0 Å². The minimum atomic E-state index is -3.67. The van der Waals surface area contributed by atoms with Crippen LogP contribution in [0.2, 0.25) is 0 Å². The summed E-state index contributed by atoms with van der Waals surface area (Å²) >= 11 is 0. The fraction of sp³-hybridized carbons (Fsp3) is 0.105. The second-order valence-electron chi connectivity index (χ2n) is 5.73. The predicted octanol–water partition coefficient (Wildman–Crippen LogP) is 3.77. The molecule has 0 heterocycles. The van der Waals surface area contributed by atoms with E-state index in [2.05, 4.69) is 9.93 Å². The van der Waals surface area contributed by atoms with Gasteiger partial charge in [-0.05, 0) is 53.4 Å². The van der Waals surface area contributed by atoms with Crippen molar-refractivity contribution >= 4 is 27.0 Å². The van der Waals surface area contributed by atoms with Crippen LogP contribution in [0.5, 0.6) is 0 Å². The fourth-order valence-electron chi connectivity index (χ4n) is 2.50. The van der Waals surface area contributed by atoms with Crippen LogP contribution in [0.3, 0.4) is 0 Å². The summed E-state index contributed by atoms with van der Waals surface area (Å²) in [5, 5.41) is 6.12. The molecule has 3 aromatic rings. The molecule has 0 spiro atoms. The average molecular weight is 338 g/mol. The van der Waals surface area contributed by atoms with Gasteiger partial charge in [0.15, 0.2) is 0 Å². The number of nitrogens with one attached hydrogen (secondary N) is 1. The Balaban J connectivity index is 1.82. The van der Waals surface area contributed by atoms with Crippen molar-refractivity contribution in [2.75, 3.05) is 0 Å². The van der Waals surface area contributed by atoms with Gasteiger partial charge in [0, 0.05) is 0 Å². The van der Waals surface area contributed by atoms with Gasteiger partial charge in [-0.3, -0.25) is 0 Å². The highest BCUT2D eigenvalue weighted by Gasteiger charge is 2.15. The zero-order chi connectivity index (χ0) is 17.2. The molecule has 24 heavy (non-hydrogen) atoms. The van der Waals surface area contributed by atoms with Gasteiger partial charge in [0.05, 0.1) is 11.1 Å². The van der Waals surface area contributed by atoms with Crippen molar-refractivity contribution in [3.63, 3.8) is 0 Å². The molecule has 0 bridgehead atoms. The average Bonchev–Trinajstić information content (AvgIpc) is 2.56. The molecule has 5 heteroatoms. The van der Waals surface area contributed by atoms with E-state index in [1.807, 2.05) is 55.5 Å². The quantitative estimate of drug-likeness (QED) is 0.581. The van der Waals surface area contributed by atoms with Gasteiger partial charge in [0.25, 0.3) is 10.0 Å². The topological polar surface area (TPSA) is 58.5 Å². The maximum atomic E-state index is 12.4. The Kier molecular flexibility index (Phi) is 4.36. The van der Waals surface area contributed by atoms with Crippen molar-refractivity contribution in [3.8, 4) is 0 Å². The third kappa shape index (κ3) is 3.46. The maximum Gasteiger partial charge on any atom is 0.276 e. The van der Waals surface area contributed by atoms with Crippen LogP contribution >= 0.6 is 0 Å². The first-order valence-corrected chi connectivity index (χ1v) is 9.05. The molecular formula is C19H18N2O2S. The Morgan fingerprint density at radius 3 is 2.46 bits per heavy atom. The van der Waals surface area contributed by atoms with Gasteiger partial charge in [-0.15, -0.1) is 0 Å². The standard InChI is InChI=1S/C19H18N2O2S/c1-14-7-8-15(2)19(11-14)24(22,23)21-20-13-16-9-10-17-5-3-4-6-18(17)12-16/h3-13,21H,1-2H3/b20-13+. The molecule has 0 saturated carbocycles. The van der Waals surface area contributed by atoms with Gasteiger partial charge in [-0.25, -0.2) is 4.83 Å². The van der Waals surface area contributed by atoms with E-state index in [1.54, 1.807) is 19.1 Å². The summed E-state index contributed by atoms with van der Waals surface area (Å²) in [5.74, 6) is 0. The van der Waals surface area contributed by atoms with E-state index in [0.717, 1.165) is 21.9 Å². The zero-order valence-electron chi connectivity index (χ0n) is 13.5. The van der Waals surface area contributed by atoms with Crippen molar-refractivity contribution in [2.24, 2.45) is 5.10 Å². The van der Waals surface area contributed by atoms with Crippen molar-refractivity contribution in [3.05, 3.63) is 77.4 Å². The molecule has 0 fully saturated rings. The first-order chi connectivity index (χ1) is 11.5. The molecule has 122 valence electrons. The molecule has 0 saturated heterocycles. The number of aryl methyl sites for hydroxylation is 2. The van der Waals surface area contributed by atoms with Gasteiger partial charge in [0.1, 0.15) is 0 Å². The van der Waals surface area contributed by atoms with Gasteiger partial charge in [0.2, 0.25) is 0 Å². The normalized spacial score (nSPS) is 11.9. The van der Waals surface area contributed by atoms with Crippen molar-refractivity contribution in [2.45, 2.75) is 18.7 Å². The van der Waals surface area contributed by atoms with Crippen LogP contribution in [-0.2, 0) is 10.0 Å². The van der Waals surface area contributed by atoms with Crippen LogP contribution in [0.25, 0.3) is 10.8 Å². The van der Waals surface area contributed by atoms with Crippen molar-refractivity contribution in [1.29, 1.82) is 0 Å². The molecule has 0 aromatic heterocycles. The number of benzene rings is 3. The maximum absolute atomic E-state index is 12.4. The van der Waals surface area contributed by atoms with Crippen LogP contribution < -0.4 is 4.83 Å². The second kappa shape index (κ2) is 6.45. The number of rotatable bonds is 4. The molecule has 0 aliphatic rings. The highest BCUT2D eigenvalue weighted by atomic mass is 32.2. The molecule has 0 amide bonds. The molecule has 1 N–H and O–H groups in total. The van der Waals surface area contributed by atoms with Gasteiger partial charge >= 0.3 is 0 Å². The van der Waals surface area contributed by atoms with Gasteiger partial charge in [-0.2, -0.15) is 13.5 Å². The van der Waals surface area contributed by atoms with E-state index >= 15 is 0 Å². The van der Waals surface area contributed by atoms with Crippen LogP contribution in [0.4, 0.5) is 0 Å². The van der Waals surface area contributed by atoms with Gasteiger partial charge < -0.3 is 0 Å². The summed E-state index contributed by atoms with van der Waals surface area (Å²) in [4.78, 5) is 2.53. The Morgan fingerprint density at radius 1 is 0.917 bits per heavy atom. The van der Waals surface area contributed by atoms with E-state index < -0.39 is 10.0 Å². The molecule has 0 aliphatic heterocycles. The minimum Gasteiger partial charge on any atom is -0.200 e. The number of fused-ring (bicyclic) bond motifs is 1. The van der Waals surface area contributed by atoms with Crippen molar-refractivity contribution in [1.82, 2.24) is 4.83 Å². The number of sulfonamides is 1. The summed E-state index contributed by atoms with van der Waals surface area (Å²) in [6, 6.07) is 19.1. The molecule has 0 aliphatic carbocycles. The first kappa shape index (κ1) is 16.2. The second-order valence-corrected chi connectivity index (χ2v) is 7.36. The molecule has 0 radical (unpaired) electrons. The number of hydrogen-bond acceptors (Lipinski definition) is 3. The number of nitrogens with zero attached hydrogens (tertiary/aromatic N) is 1. The number of hydrogen-bond donors (Lipinski definition) is 1. The highest BCUT2D eigenvalue weighted by molar-refractivity contribution is 7.89. The Bertz CT molecular complexity index is 1020. The van der Waals surface area contributed by atoms with Crippen LogP contribution in [0.15, 0.2) is 70.7 Å². The van der Waals surface area contributed by atoms with Crippen LogP contribution in [-0.4, -0.2) is 14.6 Å². The van der Waals surface area contributed by atoms with Gasteiger partial charge in [-0.1, -0.05) is 48.5 Å². The summed E-state index contributed by atoms with van der Waals surface area (Å²) in [6.07, 6.45) is 1.51. The molecular weight excluding hydrogens is 320 g/mol. The summed E-state index contributed by atoms with van der Waals surface area (Å²) < 4.78 is 24.8. The third-order valence-corrected chi connectivity index (χ3v) is 5.16. The van der Waals surface area contributed by atoms with Crippen molar-refractivity contribution < 1.29 is 8.42 Å². The van der Waals surface area contributed by atoms with Crippen LogP contribution in [0, 0.1) is 13.8 Å². The van der Waals surface area contributed by atoms with Crippen LogP contribution in [0.1, 0.15) is 16.7 Å². The zero-order valence-corrected chi connectivity index (χ0v) is 14.3. The predicted molar refractivity (Wildman–Crippen MR) is 97.8 cm³/mol. The first-order valence-electron chi connectivity index (χ1n) is 7.57. The van der Waals surface area contributed by atoms with E-state index in [9.17, 15) is 8.42 Å². The summed E-state index contributed by atoms with van der Waals surface area (Å²) in [5.41, 5.74) is 2.41.